The van der Waals surface area contributed by atoms with Crippen LogP contribution in [0.1, 0.15) is 34.8 Å². The third-order valence-corrected chi connectivity index (χ3v) is 5.56. The molecule has 0 saturated carbocycles. The van der Waals surface area contributed by atoms with Gasteiger partial charge in [0.25, 0.3) is 5.91 Å². The molecule has 3 aromatic heterocycles. The summed E-state index contributed by atoms with van der Waals surface area (Å²) >= 11 is 0. The lowest BCUT2D eigenvalue weighted by Gasteiger charge is -2.32. The Bertz CT molecular complexity index is 1250. The predicted molar refractivity (Wildman–Crippen MR) is 118 cm³/mol. The number of carbonyl (C=O) groups is 1. The Hall–Kier alpha value is -4.14. The molecule has 1 atom stereocenters. The van der Waals surface area contributed by atoms with Crippen LogP contribution < -0.4 is 4.74 Å². The van der Waals surface area contributed by atoms with Crippen LogP contribution >= 0.6 is 0 Å². The van der Waals surface area contributed by atoms with Crippen molar-refractivity contribution in [1.29, 1.82) is 0 Å². The molecule has 166 valence electrons. The van der Waals surface area contributed by atoms with Crippen LogP contribution in [0.3, 0.4) is 0 Å². The number of carbonyl (C=O) groups excluding carboxylic acids is 1. The fourth-order valence-corrected chi connectivity index (χ4v) is 3.95. The van der Waals surface area contributed by atoms with Gasteiger partial charge in [-0.15, -0.1) is 0 Å². The Morgan fingerprint density at radius 3 is 2.70 bits per heavy atom. The van der Waals surface area contributed by atoms with Crippen molar-refractivity contribution in [3.63, 3.8) is 0 Å². The summed E-state index contributed by atoms with van der Waals surface area (Å²) in [6.07, 6.45) is 9.77. The van der Waals surface area contributed by atoms with Crippen molar-refractivity contribution in [2.24, 2.45) is 0 Å². The van der Waals surface area contributed by atoms with Gasteiger partial charge in [0.05, 0.1) is 5.56 Å². The molecule has 0 bridgehead atoms. The van der Waals surface area contributed by atoms with Crippen LogP contribution in [0.5, 0.6) is 11.6 Å². The standard InChI is InChI=1S/C24H21FN6O2/c25-19-6-1-2-7-20(19)33-23-22(26-11-12-27-23)18-5-3-13-30(16-18)24(32)17-8-9-21(28-15-17)31-14-4-10-29-31/h1-2,4,6-12,14-15,18H,3,5,13,16H2. The van der Waals surface area contributed by atoms with Crippen molar-refractivity contribution in [1.82, 2.24) is 29.6 Å². The molecular weight excluding hydrogens is 423 g/mol. The molecule has 4 heterocycles. The van der Waals surface area contributed by atoms with Gasteiger partial charge >= 0.3 is 0 Å². The molecule has 1 unspecified atom stereocenters. The number of halogens is 1. The lowest BCUT2D eigenvalue weighted by Crippen LogP contribution is -2.39. The Morgan fingerprint density at radius 2 is 1.91 bits per heavy atom. The second kappa shape index (κ2) is 9.15. The minimum atomic E-state index is -0.472. The van der Waals surface area contributed by atoms with E-state index in [1.807, 2.05) is 6.07 Å². The molecule has 1 aliphatic heterocycles. The van der Waals surface area contributed by atoms with E-state index < -0.39 is 5.82 Å². The number of aromatic nitrogens is 5. The number of amides is 1. The minimum Gasteiger partial charge on any atom is -0.434 e. The van der Waals surface area contributed by atoms with Crippen LogP contribution in [0, 0.1) is 5.82 Å². The van der Waals surface area contributed by atoms with E-state index in [2.05, 4.69) is 20.1 Å². The molecular formula is C24H21FN6O2. The zero-order valence-corrected chi connectivity index (χ0v) is 17.7. The summed E-state index contributed by atoms with van der Waals surface area (Å²) in [4.78, 5) is 28.0. The highest BCUT2D eigenvalue weighted by Crippen LogP contribution is 2.33. The van der Waals surface area contributed by atoms with E-state index in [1.165, 1.54) is 12.3 Å². The zero-order valence-electron chi connectivity index (χ0n) is 17.7. The monoisotopic (exact) mass is 444 g/mol. The molecule has 5 rings (SSSR count). The van der Waals surface area contributed by atoms with E-state index in [0.29, 0.717) is 30.2 Å². The molecule has 1 saturated heterocycles. The smallest absolute Gasteiger partial charge is 0.255 e. The SMILES string of the molecule is O=C(c1ccc(-n2cccn2)nc1)N1CCCC(c2nccnc2Oc2ccccc2F)C1. The van der Waals surface area contributed by atoms with Crippen molar-refractivity contribution in [2.45, 2.75) is 18.8 Å². The molecule has 9 heteroatoms. The van der Waals surface area contributed by atoms with Gasteiger partial charge in [0.15, 0.2) is 17.4 Å². The maximum absolute atomic E-state index is 14.1. The highest BCUT2D eigenvalue weighted by molar-refractivity contribution is 5.94. The van der Waals surface area contributed by atoms with Crippen LogP contribution in [-0.4, -0.2) is 48.6 Å². The molecule has 1 amide bonds. The number of nitrogens with zero attached hydrogens (tertiary/aromatic N) is 6. The van der Waals surface area contributed by atoms with Gasteiger partial charge in [0, 0.05) is 50.0 Å². The summed E-state index contributed by atoms with van der Waals surface area (Å²) in [7, 11) is 0. The number of hydrogen-bond donors (Lipinski definition) is 0. The molecule has 0 spiro atoms. The summed E-state index contributed by atoms with van der Waals surface area (Å²) in [6.45, 7) is 1.10. The van der Waals surface area contributed by atoms with Crippen LogP contribution in [0.25, 0.3) is 5.82 Å². The Kier molecular flexibility index (Phi) is 5.75. The van der Waals surface area contributed by atoms with Crippen LogP contribution in [0.4, 0.5) is 4.39 Å². The van der Waals surface area contributed by atoms with Crippen molar-refractivity contribution in [3.8, 4) is 17.4 Å². The van der Waals surface area contributed by atoms with Gasteiger partial charge in [0.2, 0.25) is 5.88 Å². The number of pyridine rings is 1. The van der Waals surface area contributed by atoms with E-state index in [-0.39, 0.29) is 23.5 Å². The molecule has 0 aliphatic carbocycles. The number of ether oxygens (including phenoxy) is 1. The highest BCUT2D eigenvalue weighted by Gasteiger charge is 2.29. The zero-order chi connectivity index (χ0) is 22.6. The molecule has 1 fully saturated rings. The van der Waals surface area contributed by atoms with Gasteiger partial charge in [-0.3, -0.25) is 9.78 Å². The number of likely N-dealkylation sites (tertiary alicyclic amines) is 1. The minimum absolute atomic E-state index is 0.0746. The maximum atomic E-state index is 14.1. The van der Waals surface area contributed by atoms with Crippen molar-refractivity contribution >= 4 is 5.91 Å². The van der Waals surface area contributed by atoms with Gasteiger partial charge in [-0.25, -0.2) is 19.0 Å². The average Bonchev–Trinajstić information content (AvgIpc) is 3.41. The van der Waals surface area contributed by atoms with E-state index in [9.17, 15) is 9.18 Å². The number of para-hydroxylation sites is 1. The van der Waals surface area contributed by atoms with E-state index in [1.54, 1.807) is 64.7 Å². The van der Waals surface area contributed by atoms with Crippen molar-refractivity contribution in [2.75, 3.05) is 13.1 Å². The highest BCUT2D eigenvalue weighted by atomic mass is 19.1. The second-order valence-corrected chi connectivity index (χ2v) is 7.73. The summed E-state index contributed by atoms with van der Waals surface area (Å²) in [5, 5.41) is 4.15. The molecule has 33 heavy (non-hydrogen) atoms. The largest absolute Gasteiger partial charge is 0.434 e. The molecule has 8 nitrogen and oxygen atoms in total. The molecule has 0 N–H and O–H groups in total. The summed E-state index contributed by atoms with van der Waals surface area (Å²) in [5.74, 6) is 0.343. The first-order valence-electron chi connectivity index (χ1n) is 10.7. The number of piperidine rings is 1. The summed E-state index contributed by atoms with van der Waals surface area (Å²) < 4.78 is 21.5. The van der Waals surface area contributed by atoms with Gasteiger partial charge in [-0.05, 0) is 43.2 Å². The first-order valence-corrected chi connectivity index (χ1v) is 10.7. The Balaban J connectivity index is 1.33. The normalized spacial score (nSPS) is 15.9. The Morgan fingerprint density at radius 1 is 1.03 bits per heavy atom. The summed E-state index contributed by atoms with van der Waals surface area (Å²) in [5.41, 5.74) is 1.12. The second-order valence-electron chi connectivity index (χ2n) is 7.73. The summed E-state index contributed by atoms with van der Waals surface area (Å²) in [6, 6.07) is 11.5. The van der Waals surface area contributed by atoms with Crippen molar-refractivity contribution < 1.29 is 13.9 Å². The number of hydrogen-bond acceptors (Lipinski definition) is 6. The third kappa shape index (κ3) is 4.43. The van der Waals surface area contributed by atoms with Gasteiger partial charge in [-0.2, -0.15) is 5.10 Å². The molecule has 4 aromatic rings. The van der Waals surface area contributed by atoms with Crippen LogP contribution in [0.2, 0.25) is 0 Å². The lowest BCUT2D eigenvalue weighted by atomic mass is 9.94. The molecule has 1 aromatic carbocycles. The Labute approximate surface area is 189 Å². The first kappa shape index (κ1) is 20.7. The number of benzene rings is 1. The third-order valence-electron chi connectivity index (χ3n) is 5.56. The lowest BCUT2D eigenvalue weighted by molar-refractivity contribution is 0.0704. The van der Waals surface area contributed by atoms with Crippen LogP contribution in [0.15, 0.2) is 73.4 Å². The van der Waals surface area contributed by atoms with Crippen LogP contribution in [-0.2, 0) is 0 Å². The predicted octanol–water partition coefficient (Wildman–Crippen LogP) is 4.01. The van der Waals surface area contributed by atoms with Gasteiger partial charge in [0.1, 0.15) is 5.69 Å². The fraction of sp³-hybridized carbons (Fsp3) is 0.208. The topological polar surface area (TPSA) is 86.0 Å². The number of rotatable bonds is 5. The van der Waals surface area contributed by atoms with E-state index in [0.717, 1.165) is 12.8 Å². The van der Waals surface area contributed by atoms with E-state index in [4.69, 9.17) is 4.74 Å². The maximum Gasteiger partial charge on any atom is 0.255 e. The van der Waals surface area contributed by atoms with Gasteiger partial charge in [-0.1, -0.05) is 12.1 Å². The molecule has 0 radical (unpaired) electrons. The molecule has 1 aliphatic rings. The fourth-order valence-electron chi connectivity index (χ4n) is 3.95. The van der Waals surface area contributed by atoms with Crippen molar-refractivity contribution in [3.05, 3.63) is 90.5 Å². The first-order chi connectivity index (χ1) is 16.2. The van der Waals surface area contributed by atoms with E-state index >= 15 is 0 Å². The van der Waals surface area contributed by atoms with Gasteiger partial charge < -0.3 is 9.64 Å². The quantitative estimate of drug-likeness (QED) is 0.462. The average molecular weight is 444 g/mol.